The lowest BCUT2D eigenvalue weighted by atomic mass is 10.1. The molecule has 0 amide bonds. The minimum atomic E-state index is 0.557. The molecule has 0 saturated heterocycles. The Morgan fingerprint density at radius 3 is 3.07 bits per heavy atom. The van der Waals surface area contributed by atoms with Crippen LogP contribution in [0.1, 0.15) is 25.2 Å². The molecule has 1 aromatic rings. The molecule has 0 fully saturated rings. The lowest BCUT2D eigenvalue weighted by molar-refractivity contribution is 0.223. The third-order valence-electron chi connectivity index (χ3n) is 2.55. The molecule has 1 aliphatic rings. The first-order chi connectivity index (χ1) is 6.65. The molecule has 4 heteroatoms. The minimum Gasteiger partial charge on any atom is -0.369 e. The number of aromatic amines is 1. The van der Waals surface area contributed by atoms with Gasteiger partial charge in [-0.25, -0.2) is 4.98 Å². The third-order valence-corrected chi connectivity index (χ3v) is 2.55. The maximum Gasteiger partial charge on any atom is 0.197 e. The first kappa shape index (κ1) is 9.52. The maximum atomic E-state index is 5.62. The summed E-state index contributed by atoms with van der Waals surface area (Å²) in [5.74, 6) is 1.28. The van der Waals surface area contributed by atoms with Crippen LogP contribution in [-0.2, 0) is 13.0 Å². The number of H-pyrrole nitrogens is 1. The van der Waals surface area contributed by atoms with Crippen LogP contribution < -0.4 is 5.73 Å². The average molecular weight is 194 g/mol. The second-order valence-corrected chi connectivity index (χ2v) is 4.43. The summed E-state index contributed by atoms with van der Waals surface area (Å²) in [7, 11) is 0. The fraction of sp³-hybridized carbons (Fsp3) is 0.700. The fourth-order valence-electron chi connectivity index (χ4n) is 2.04. The number of hydrogen-bond donors (Lipinski definition) is 2. The van der Waals surface area contributed by atoms with E-state index < -0.39 is 0 Å². The SMILES string of the molecule is CC(C)CN1CCc2nc(N)[nH]c2C1. The lowest BCUT2D eigenvalue weighted by Gasteiger charge is -2.27. The van der Waals surface area contributed by atoms with Gasteiger partial charge in [-0.15, -0.1) is 0 Å². The Morgan fingerprint density at radius 1 is 1.57 bits per heavy atom. The highest BCUT2D eigenvalue weighted by molar-refractivity contribution is 5.27. The van der Waals surface area contributed by atoms with E-state index in [0.29, 0.717) is 5.95 Å². The zero-order valence-electron chi connectivity index (χ0n) is 8.88. The summed E-state index contributed by atoms with van der Waals surface area (Å²) in [6.45, 7) is 7.72. The smallest absolute Gasteiger partial charge is 0.197 e. The summed E-state index contributed by atoms with van der Waals surface area (Å²) < 4.78 is 0. The van der Waals surface area contributed by atoms with E-state index in [2.05, 4.69) is 28.7 Å². The van der Waals surface area contributed by atoms with Crippen LogP contribution >= 0.6 is 0 Å². The van der Waals surface area contributed by atoms with E-state index in [1.807, 2.05) is 0 Å². The Labute approximate surface area is 84.5 Å². The van der Waals surface area contributed by atoms with Gasteiger partial charge in [-0.05, 0) is 5.92 Å². The van der Waals surface area contributed by atoms with Crippen molar-refractivity contribution in [3.8, 4) is 0 Å². The molecule has 0 aliphatic carbocycles. The van der Waals surface area contributed by atoms with Crippen LogP contribution in [0.3, 0.4) is 0 Å². The first-order valence-corrected chi connectivity index (χ1v) is 5.20. The van der Waals surface area contributed by atoms with Crippen LogP contribution in [0.15, 0.2) is 0 Å². The van der Waals surface area contributed by atoms with Crippen molar-refractivity contribution in [1.29, 1.82) is 0 Å². The molecule has 0 saturated carbocycles. The Balaban J connectivity index is 2.05. The summed E-state index contributed by atoms with van der Waals surface area (Å²) in [4.78, 5) is 9.83. The molecule has 78 valence electrons. The molecule has 0 spiro atoms. The van der Waals surface area contributed by atoms with E-state index in [1.165, 1.54) is 5.69 Å². The van der Waals surface area contributed by atoms with Crippen molar-refractivity contribution in [2.45, 2.75) is 26.8 Å². The van der Waals surface area contributed by atoms with Crippen molar-refractivity contribution in [2.75, 3.05) is 18.8 Å². The van der Waals surface area contributed by atoms with E-state index in [4.69, 9.17) is 5.73 Å². The number of anilines is 1. The number of nitrogen functional groups attached to an aromatic ring is 1. The molecule has 0 unspecified atom stereocenters. The molecule has 2 heterocycles. The Kier molecular flexibility index (Phi) is 2.46. The van der Waals surface area contributed by atoms with Gasteiger partial charge < -0.3 is 10.7 Å². The third kappa shape index (κ3) is 1.90. The van der Waals surface area contributed by atoms with Gasteiger partial charge in [-0.3, -0.25) is 4.90 Å². The number of fused-ring (bicyclic) bond motifs is 1. The number of rotatable bonds is 2. The summed E-state index contributed by atoms with van der Waals surface area (Å²) in [5, 5.41) is 0. The molecule has 0 bridgehead atoms. The highest BCUT2D eigenvalue weighted by Crippen LogP contribution is 2.18. The predicted octanol–water partition coefficient (Wildman–Crippen LogP) is 1.01. The number of nitrogens with zero attached hydrogens (tertiary/aromatic N) is 2. The second-order valence-electron chi connectivity index (χ2n) is 4.43. The molecule has 0 radical (unpaired) electrons. The molecular formula is C10H18N4. The van der Waals surface area contributed by atoms with Crippen LogP contribution in [0.25, 0.3) is 0 Å². The first-order valence-electron chi connectivity index (χ1n) is 5.20. The van der Waals surface area contributed by atoms with Gasteiger partial charge in [0, 0.05) is 26.1 Å². The fourth-order valence-corrected chi connectivity index (χ4v) is 2.04. The quantitative estimate of drug-likeness (QED) is 0.738. The van der Waals surface area contributed by atoms with Crippen LogP contribution in [0, 0.1) is 5.92 Å². The molecule has 0 atom stereocenters. The summed E-state index contributed by atoms with van der Waals surface area (Å²) in [6, 6.07) is 0. The molecular weight excluding hydrogens is 176 g/mol. The summed E-state index contributed by atoms with van der Waals surface area (Å²) in [6.07, 6.45) is 1.02. The number of nitrogens with two attached hydrogens (primary N) is 1. The van der Waals surface area contributed by atoms with E-state index in [9.17, 15) is 0 Å². The van der Waals surface area contributed by atoms with E-state index >= 15 is 0 Å². The van der Waals surface area contributed by atoms with Crippen LogP contribution in [0.4, 0.5) is 5.95 Å². The summed E-state index contributed by atoms with van der Waals surface area (Å²) >= 11 is 0. The topological polar surface area (TPSA) is 57.9 Å². The van der Waals surface area contributed by atoms with Crippen molar-refractivity contribution >= 4 is 5.95 Å². The number of aromatic nitrogens is 2. The molecule has 0 aromatic carbocycles. The second kappa shape index (κ2) is 3.61. The average Bonchev–Trinajstić information content (AvgIpc) is 2.42. The standard InChI is InChI=1S/C10H18N4/c1-7(2)5-14-4-3-8-9(6-14)13-10(11)12-8/h7H,3-6H2,1-2H3,(H3,11,12,13). The largest absolute Gasteiger partial charge is 0.369 e. The van der Waals surface area contributed by atoms with Gasteiger partial charge in [-0.2, -0.15) is 0 Å². The molecule has 1 aliphatic heterocycles. The van der Waals surface area contributed by atoms with Crippen molar-refractivity contribution in [1.82, 2.24) is 14.9 Å². The van der Waals surface area contributed by atoms with Crippen LogP contribution in [-0.4, -0.2) is 28.0 Å². The number of nitrogens with one attached hydrogen (secondary N) is 1. The Bertz CT molecular complexity index is 316. The van der Waals surface area contributed by atoms with Gasteiger partial charge in [-0.1, -0.05) is 13.8 Å². The number of hydrogen-bond acceptors (Lipinski definition) is 3. The Morgan fingerprint density at radius 2 is 2.36 bits per heavy atom. The molecule has 4 nitrogen and oxygen atoms in total. The van der Waals surface area contributed by atoms with Crippen molar-refractivity contribution < 1.29 is 0 Å². The van der Waals surface area contributed by atoms with Gasteiger partial charge in [0.2, 0.25) is 0 Å². The van der Waals surface area contributed by atoms with Crippen molar-refractivity contribution in [3.05, 3.63) is 11.4 Å². The van der Waals surface area contributed by atoms with E-state index in [-0.39, 0.29) is 0 Å². The maximum absolute atomic E-state index is 5.62. The molecule has 2 rings (SSSR count). The highest BCUT2D eigenvalue weighted by Gasteiger charge is 2.19. The summed E-state index contributed by atoms with van der Waals surface area (Å²) in [5.41, 5.74) is 7.98. The molecule has 14 heavy (non-hydrogen) atoms. The zero-order valence-corrected chi connectivity index (χ0v) is 8.88. The van der Waals surface area contributed by atoms with Gasteiger partial charge in [0.25, 0.3) is 0 Å². The number of imidazole rings is 1. The normalized spacial score (nSPS) is 17.4. The van der Waals surface area contributed by atoms with Crippen LogP contribution in [0.2, 0.25) is 0 Å². The Hall–Kier alpha value is -1.03. The van der Waals surface area contributed by atoms with Gasteiger partial charge in [0.1, 0.15) is 0 Å². The monoisotopic (exact) mass is 194 g/mol. The van der Waals surface area contributed by atoms with E-state index in [1.54, 1.807) is 0 Å². The van der Waals surface area contributed by atoms with Crippen LogP contribution in [0.5, 0.6) is 0 Å². The zero-order chi connectivity index (χ0) is 10.1. The lowest BCUT2D eigenvalue weighted by Crippen LogP contribution is -2.33. The van der Waals surface area contributed by atoms with Gasteiger partial charge in [0.05, 0.1) is 11.4 Å². The predicted molar refractivity (Wildman–Crippen MR) is 56.8 cm³/mol. The van der Waals surface area contributed by atoms with Crippen molar-refractivity contribution in [2.24, 2.45) is 5.92 Å². The van der Waals surface area contributed by atoms with Gasteiger partial charge >= 0.3 is 0 Å². The highest BCUT2D eigenvalue weighted by atomic mass is 15.2. The molecule has 1 aromatic heterocycles. The molecule has 3 N–H and O–H groups in total. The van der Waals surface area contributed by atoms with E-state index in [0.717, 1.165) is 37.7 Å². The minimum absolute atomic E-state index is 0.557. The van der Waals surface area contributed by atoms with Crippen molar-refractivity contribution in [3.63, 3.8) is 0 Å². The van der Waals surface area contributed by atoms with Gasteiger partial charge in [0.15, 0.2) is 5.95 Å².